The highest BCUT2D eigenvalue weighted by Gasteiger charge is 2.05. The zero-order chi connectivity index (χ0) is 13.7. The Bertz CT molecular complexity index is 537. The van der Waals surface area contributed by atoms with Crippen LogP contribution in [0.5, 0.6) is 5.88 Å². The Labute approximate surface area is 114 Å². The van der Waals surface area contributed by atoms with E-state index < -0.39 is 0 Å². The predicted molar refractivity (Wildman–Crippen MR) is 79.2 cm³/mol. The lowest BCUT2D eigenvalue weighted by Crippen LogP contribution is -2.04. The standard InChI is InChI=1S/C16H22N2O/c1-12(2)6-5-9-19-16-10-13(11-17)14-7-3-4-8-15(14)18-16/h3-4,7-8,10,12H,5-6,9,11,17H2,1-2H3. The minimum absolute atomic E-state index is 0.505. The first kappa shape index (κ1) is 13.8. The number of rotatable bonds is 6. The topological polar surface area (TPSA) is 48.1 Å². The van der Waals surface area contributed by atoms with Gasteiger partial charge in [-0.15, -0.1) is 0 Å². The fourth-order valence-corrected chi connectivity index (χ4v) is 2.13. The number of hydrogen-bond acceptors (Lipinski definition) is 3. The zero-order valence-electron chi connectivity index (χ0n) is 11.7. The van der Waals surface area contributed by atoms with E-state index in [9.17, 15) is 0 Å². The lowest BCUT2D eigenvalue weighted by Gasteiger charge is -2.10. The molecular formula is C16H22N2O. The van der Waals surface area contributed by atoms with Crippen LogP contribution in [-0.4, -0.2) is 11.6 Å². The number of pyridine rings is 1. The van der Waals surface area contributed by atoms with Crippen LogP contribution in [0.1, 0.15) is 32.3 Å². The van der Waals surface area contributed by atoms with Crippen LogP contribution in [0.15, 0.2) is 30.3 Å². The highest BCUT2D eigenvalue weighted by molar-refractivity contribution is 5.82. The molecule has 0 saturated carbocycles. The van der Waals surface area contributed by atoms with Gasteiger partial charge in [0.1, 0.15) is 0 Å². The Morgan fingerprint density at radius 2 is 2.05 bits per heavy atom. The van der Waals surface area contributed by atoms with Crippen molar-refractivity contribution in [2.45, 2.75) is 33.2 Å². The van der Waals surface area contributed by atoms with Gasteiger partial charge in [-0.1, -0.05) is 32.0 Å². The van der Waals surface area contributed by atoms with Gasteiger partial charge in [0.2, 0.25) is 5.88 Å². The van der Waals surface area contributed by atoms with Gasteiger partial charge in [-0.3, -0.25) is 0 Å². The van der Waals surface area contributed by atoms with Gasteiger partial charge in [-0.25, -0.2) is 4.98 Å². The molecule has 2 aromatic rings. The molecule has 0 spiro atoms. The van der Waals surface area contributed by atoms with Crippen LogP contribution in [0.25, 0.3) is 10.9 Å². The largest absolute Gasteiger partial charge is 0.478 e. The summed E-state index contributed by atoms with van der Waals surface area (Å²) >= 11 is 0. The van der Waals surface area contributed by atoms with E-state index in [1.807, 2.05) is 30.3 Å². The highest BCUT2D eigenvalue weighted by atomic mass is 16.5. The van der Waals surface area contributed by atoms with E-state index in [0.29, 0.717) is 24.9 Å². The van der Waals surface area contributed by atoms with E-state index >= 15 is 0 Å². The molecule has 2 rings (SSSR count). The van der Waals surface area contributed by atoms with Crippen LogP contribution >= 0.6 is 0 Å². The van der Waals surface area contributed by atoms with Crippen molar-refractivity contribution in [3.05, 3.63) is 35.9 Å². The lowest BCUT2D eigenvalue weighted by atomic mass is 10.1. The summed E-state index contributed by atoms with van der Waals surface area (Å²) in [5, 5.41) is 1.11. The first-order chi connectivity index (χ1) is 9.20. The molecule has 0 amide bonds. The third-order valence-electron chi connectivity index (χ3n) is 3.17. The quantitative estimate of drug-likeness (QED) is 0.807. The summed E-state index contributed by atoms with van der Waals surface area (Å²) < 4.78 is 5.74. The van der Waals surface area contributed by atoms with Crippen molar-refractivity contribution in [3.8, 4) is 5.88 Å². The van der Waals surface area contributed by atoms with Gasteiger partial charge in [0, 0.05) is 18.0 Å². The Morgan fingerprint density at radius 1 is 1.26 bits per heavy atom. The van der Waals surface area contributed by atoms with E-state index in [2.05, 4.69) is 18.8 Å². The zero-order valence-corrected chi connectivity index (χ0v) is 11.7. The van der Waals surface area contributed by atoms with E-state index in [1.54, 1.807) is 0 Å². The number of nitrogens with two attached hydrogens (primary N) is 1. The molecule has 3 heteroatoms. The Balaban J connectivity index is 2.11. The molecule has 0 bridgehead atoms. The normalized spacial score (nSPS) is 11.2. The maximum atomic E-state index is 5.80. The van der Waals surface area contributed by atoms with Crippen molar-refractivity contribution in [2.75, 3.05) is 6.61 Å². The Kier molecular flexibility index (Phi) is 4.74. The molecule has 19 heavy (non-hydrogen) atoms. The van der Waals surface area contributed by atoms with Crippen LogP contribution in [-0.2, 0) is 6.54 Å². The molecule has 0 radical (unpaired) electrons. The smallest absolute Gasteiger partial charge is 0.214 e. The average Bonchev–Trinajstić information content (AvgIpc) is 2.42. The Morgan fingerprint density at radius 3 is 2.79 bits per heavy atom. The third kappa shape index (κ3) is 3.67. The second-order valence-electron chi connectivity index (χ2n) is 5.23. The average molecular weight is 258 g/mol. The van der Waals surface area contributed by atoms with Crippen LogP contribution in [0, 0.1) is 5.92 Å². The second-order valence-corrected chi connectivity index (χ2v) is 5.23. The van der Waals surface area contributed by atoms with Gasteiger partial charge >= 0.3 is 0 Å². The van der Waals surface area contributed by atoms with Crippen molar-refractivity contribution in [3.63, 3.8) is 0 Å². The molecule has 0 aliphatic heterocycles. The summed E-state index contributed by atoms with van der Waals surface area (Å²) in [7, 11) is 0. The summed E-state index contributed by atoms with van der Waals surface area (Å²) in [4.78, 5) is 4.52. The van der Waals surface area contributed by atoms with Gasteiger partial charge in [-0.05, 0) is 30.4 Å². The second kappa shape index (κ2) is 6.53. The third-order valence-corrected chi connectivity index (χ3v) is 3.17. The maximum absolute atomic E-state index is 5.80. The highest BCUT2D eigenvalue weighted by Crippen LogP contribution is 2.21. The molecule has 1 heterocycles. The minimum atomic E-state index is 0.505. The number of ether oxygens (including phenoxy) is 1. The van der Waals surface area contributed by atoms with Crippen LogP contribution < -0.4 is 10.5 Å². The molecule has 2 N–H and O–H groups in total. The monoisotopic (exact) mass is 258 g/mol. The molecule has 0 aliphatic rings. The molecule has 1 aromatic carbocycles. The van der Waals surface area contributed by atoms with Crippen LogP contribution in [0.2, 0.25) is 0 Å². The van der Waals surface area contributed by atoms with E-state index in [1.165, 1.54) is 6.42 Å². The van der Waals surface area contributed by atoms with Gasteiger partial charge in [0.05, 0.1) is 12.1 Å². The number of para-hydroxylation sites is 1. The molecule has 102 valence electrons. The van der Waals surface area contributed by atoms with Crippen molar-refractivity contribution in [1.82, 2.24) is 4.98 Å². The number of hydrogen-bond donors (Lipinski definition) is 1. The lowest BCUT2D eigenvalue weighted by molar-refractivity contribution is 0.288. The fraction of sp³-hybridized carbons (Fsp3) is 0.438. The molecular weight excluding hydrogens is 236 g/mol. The van der Waals surface area contributed by atoms with Crippen molar-refractivity contribution in [2.24, 2.45) is 11.7 Å². The van der Waals surface area contributed by atoms with Gasteiger partial charge < -0.3 is 10.5 Å². The van der Waals surface area contributed by atoms with Crippen molar-refractivity contribution >= 4 is 10.9 Å². The maximum Gasteiger partial charge on any atom is 0.214 e. The first-order valence-corrected chi connectivity index (χ1v) is 6.92. The molecule has 0 fully saturated rings. The van der Waals surface area contributed by atoms with Crippen molar-refractivity contribution < 1.29 is 4.74 Å². The van der Waals surface area contributed by atoms with Crippen LogP contribution in [0.3, 0.4) is 0 Å². The molecule has 0 unspecified atom stereocenters. The molecule has 1 aromatic heterocycles. The van der Waals surface area contributed by atoms with Gasteiger partial charge in [0.25, 0.3) is 0 Å². The summed E-state index contributed by atoms with van der Waals surface area (Å²) in [6.45, 7) is 5.67. The van der Waals surface area contributed by atoms with Gasteiger partial charge in [0.15, 0.2) is 0 Å². The number of benzene rings is 1. The number of fused-ring (bicyclic) bond motifs is 1. The minimum Gasteiger partial charge on any atom is -0.478 e. The summed E-state index contributed by atoms with van der Waals surface area (Å²) in [6.07, 6.45) is 2.24. The molecule has 0 atom stereocenters. The summed E-state index contributed by atoms with van der Waals surface area (Å²) in [5.41, 5.74) is 7.83. The first-order valence-electron chi connectivity index (χ1n) is 6.92. The molecule has 0 saturated heterocycles. The fourth-order valence-electron chi connectivity index (χ4n) is 2.13. The number of nitrogens with zero attached hydrogens (tertiary/aromatic N) is 1. The van der Waals surface area contributed by atoms with Crippen LogP contribution in [0.4, 0.5) is 0 Å². The van der Waals surface area contributed by atoms with E-state index in [-0.39, 0.29) is 0 Å². The summed E-state index contributed by atoms with van der Waals surface area (Å²) in [6, 6.07) is 9.99. The Hall–Kier alpha value is -1.61. The molecule has 0 aliphatic carbocycles. The van der Waals surface area contributed by atoms with E-state index in [4.69, 9.17) is 10.5 Å². The summed E-state index contributed by atoms with van der Waals surface area (Å²) in [5.74, 6) is 1.40. The van der Waals surface area contributed by atoms with Crippen molar-refractivity contribution in [1.29, 1.82) is 0 Å². The van der Waals surface area contributed by atoms with Gasteiger partial charge in [-0.2, -0.15) is 0 Å². The SMILES string of the molecule is CC(C)CCCOc1cc(CN)c2ccccc2n1. The van der Waals surface area contributed by atoms with E-state index in [0.717, 1.165) is 22.9 Å². The predicted octanol–water partition coefficient (Wildman–Crippen LogP) is 3.51. The molecule has 3 nitrogen and oxygen atoms in total. The number of aromatic nitrogens is 1.